The summed E-state index contributed by atoms with van der Waals surface area (Å²) in [5.74, 6) is 0.119. The van der Waals surface area contributed by atoms with Crippen LogP contribution >= 0.6 is 11.6 Å². The number of aromatic carboxylic acids is 1. The van der Waals surface area contributed by atoms with Crippen LogP contribution in [0.4, 0.5) is 5.69 Å². The van der Waals surface area contributed by atoms with Crippen molar-refractivity contribution in [3.05, 3.63) is 88.4 Å². The summed E-state index contributed by atoms with van der Waals surface area (Å²) >= 11 is 5.86. The number of hydrogen-bond donors (Lipinski definition) is 2. The number of nitrogens with zero attached hydrogens (tertiary/aromatic N) is 1. The maximum atomic E-state index is 11.1. The van der Waals surface area contributed by atoms with Gasteiger partial charge >= 0.3 is 5.97 Å². The highest BCUT2D eigenvalue weighted by Crippen LogP contribution is 2.28. The number of nitrogens with one attached hydrogen (secondary N) is 1. The molecule has 0 aliphatic carbocycles. The second-order valence-electron chi connectivity index (χ2n) is 6.05. The number of ether oxygens (including phenoxy) is 2. The van der Waals surface area contributed by atoms with Gasteiger partial charge in [-0.05, 0) is 47.5 Å². The third-order valence-corrected chi connectivity index (χ3v) is 4.36. The van der Waals surface area contributed by atoms with Crippen LogP contribution in [0.1, 0.15) is 21.5 Å². The number of carboxylic acids is 1. The number of carbonyl (C=O) groups is 1. The van der Waals surface area contributed by atoms with Gasteiger partial charge in [0, 0.05) is 0 Å². The lowest BCUT2D eigenvalue weighted by atomic mass is 10.2. The summed E-state index contributed by atoms with van der Waals surface area (Å²) < 4.78 is 11.2. The van der Waals surface area contributed by atoms with Crippen molar-refractivity contribution in [2.45, 2.75) is 6.61 Å². The molecule has 0 amide bonds. The van der Waals surface area contributed by atoms with Crippen LogP contribution in [0.25, 0.3) is 0 Å². The van der Waals surface area contributed by atoms with E-state index in [1.807, 2.05) is 42.5 Å². The van der Waals surface area contributed by atoms with Gasteiger partial charge < -0.3 is 14.6 Å². The second kappa shape index (κ2) is 9.61. The van der Waals surface area contributed by atoms with Crippen LogP contribution in [0.3, 0.4) is 0 Å². The summed E-state index contributed by atoms with van der Waals surface area (Å²) in [4.78, 5) is 11.1. The van der Waals surface area contributed by atoms with Crippen molar-refractivity contribution in [3.8, 4) is 11.5 Å². The highest BCUT2D eigenvalue weighted by molar-refractivity contribution is 6.33. The van der Waals surface area contributed by atoms with Gasteiger partial charge in [0.1, 0.15) is 6.61 Å². The first-order valence-corrected chi connectivity index (χ1v) is 9.11. The predicted octanol–water partition coefficient (Wildman–Crippen LogP) is 5.07. The maximum absolute atomic E-state index is 11.1. The van der Waals surface area contributed by atoms with Gasteiger partial charge in [0.15, 0.2) is 11.5 Å². The van der Waals surface area contributed by atoms with Gasteiger partial charge in [-0.25, -0.2) is 4.79 Å². The third-order valence-electron chi connectivity index (χ3n) is 4.03. The van der Waals surface area contributed by atoms with Crippen molar-refractivity contribution in [3.63, 3.8) is 0 Å². The van der Waals surface area contributed by atoms with Crippen LogP contribution in [0.15, 0.2) is 71.8 Å². The SMILES string of the molecule is COc1cc(/C=N/Nc2ccc(Cl)c(C(=O)O)c2)ccc1OCc1ccccc1. The number of hydrogen-bond acceptors (Lipinski definition) is 5. The molecule has 7 heteroatoms. The van der Waals surface area contributed by atoms with E-state index in [2.05, 4.69) is 10.5 Å². The first kappa shape index (κ1) is 20.2. The number of anilines is 1. The molecule has 0 spiro atoms. The van der Waals surface area contributed by atoms with Gasteiger partial charge in [-0.2, -0.15) is 5.10 Å². The zero-order valence-electron chi connectivity index (χ0n) is 15.6. The molecule has 0 saturated heterocycles. The number of benzene rings is 3. The number of hydrazone groups is 1. The van der Waals surface area contributed by atoms with E-state index in [4.69, 9.17) is 26.2 Å². The summed E-state index contributed by atoms with van der Waals surface area (Å²) in [5.41, 5.74) is 5.16. The lowest BCUT2D eigenvalue weighted by Crippen LogP contribution is -2.00. The first-order chi connectivity index (χ1) is 14.1. The largest absolute Gasteiger partial charge is 0.493 e. The van der Waals surface area contributed by atoms with Crippen molar-refractivity contribution in [1.29, 1.82) is 0 Å². The van der Waals surface area contributed by atoms with Crippen molar-refractivity contribution < 1.29 is 19.4 Å². The molecule has 0 aliphatic rings. The molecule has 0 heterocycles. The Hall–Kier alpha value is -3.51. The molecule has 2 N–H and O–H groups in total. The van der Waals surface area contributed by atoms with Crippen molar-refractivity contribution in [2.75, 3.05) is 12.5 Å². The Balaban J connectivity index is 1.66. The van der Waals surface area contributed by atoms with Gasteiger partial charge in [-0.1, -0.05) is 41.9 Å². The van der Waals surface area contributed by atoms with E-state index in [1.165, 1.54) is 12.1 Å². The quantitative estimate of drug-likeness (QED) is 0.400. The molecule has 0 aliphatic heterocycles. The zero-order chi connectivity index (χ0) is 20.6. The average molecular weight is 411 g/mol. The normalized spacial score (nSPS) is 10.7. The minimum absolute atomic E-state index is 0.00783. The monoisotopic (exact) mass is 410 g/mol. The Morgan fingerprint density at radius 1 is 1.10 bits per heavy atom. The van der Waals surface area contributed by atoms with E-state index < -0.39 is 5.97 Å². The van der Waals surface area contributed by atoms with Gasteiger partial charge in [-0.15, -0.1) is 0 Å². The zero-order valence-corrected chi connectivity index (χ0v) is 16.4. The van der Waals surface area contributed by atoms with E-state index in [-0.39, 0.29) is 10.6 Å². The predicted molar refractivity (Wildman–Crippen MR) is 113 cm³/mol. The lowest BCUT2D eigenvalue weighted by Gasteiger charge is -2.11. The number of methoxy groups -OCH3 is 1. The Kier molecular flexibility index (Phi) is 6.71. The van der Waals surface area contributed by atoms with Crippen LogP contribution in [-0.4, -0.2) is 24.4 Å². The first-order valence-electron chi connectivity index (χ1n) is 8.73. The average Bonchev–Trinajstić information content (AvgIpc) is 2.74. The Morgan fingerprint density at radius 2 is 1.90 bits per heavy atom. The van der Waals surface area contributed by atoms with E-state index in [0.29, 0.717) is 23.8 Å². The molecule has 3 aromatic rings. The van der Waals surface area contributed by atoms with Crippen molar-refractivity contribution in [2.24, 2.45) is 5.10 Å². The fourth-order valence-corrected chi connectivity index (χ4v) is 2.76. The molecule has 0 unspecified atom stereocenters. The van der Waals surface area contributed by atoms with Gasteiger partial charge in [0.2, 0.25) is 0 Å². The van der Waals surface area contributed by atoms with Crippen LogP contribution in [0.2, 0.25) is 5.02 Å². The van der Waals surface area contributed by atoms with Crippen molar-refractivity contribution in [1.82, 2.24) is 0 Å². The van der Waals surface area contributed by atoms with Gasteiger partial charge in [-0.3, -0.25) is 5.43 Å². The highest BCUT2D eigenvalue weighted by atomic mass is 35.5. The Bertz CT molecular complexity index is 1020. The lowest BCUT2D eigenvalue weighted by molar-refractivity contribution is 0.0697. The van der Waals surface area contributed by atoms with Gasteiger partial charge in [0.25, 0.3) is 0 Å². The van der Waals surface area contributed by atoms with Crippen LogP contribution in [0.5, 0.6) is 11.5 Å². The van der Waals surface area contributed by atoms with E-state index in [0.717, 1.165) is 11.1 Å². The number of halogens is 1. The molecule has 0 radical (unpaired) electrons. The summed E-state index contributed by atoms with van der Waals surface area (Å²) in [6.07, 6.45) is 1.60. The molecule has 148 valence electrons. The highest BCUT2D eigenvalue weighted by Gasteiger charge is 2.09. The molecule has 0 aromatic heterocycles. The molecule has 3 rings (SSSR count). The van der Waals surface area contributed by atoms with Gasteiger partial charge in [0.05, 0.1) is 29.6 Å². The van der Waals surface area contributed by atoms with E-state index in [9.17, 15) is 4.79 Å². The molecule has 0 saturated carbocycles. The van der Waals surface area contributed by atoms with E-state index in [1.54, 1.807) is 25.5 Å². The number of carboxylic acid groups (broad SMARTS) is 1. The second-order valence-corrected chi connectivity index (χ2v) is 6.46. The molecule has 0 bridgehead atoms. The molecule has 0 atom stereocenters. The minimum Gasteiger partial charge on any atom is -0.493 e. The summed E-state index contributed by atoms with van der Waals surface area (Å²) in [6, 6.07) is 19.9. The smallest absolute Gasteiger partial charge is 0.337 e. The Labute approximate surface area is 173 Å². The number of rotatable bonds is 8. The fourth-order valence-electron chi connectivity index (χ4n) is 2.56. The fraction of sp³-hybridized carbons (Fsp3) is 0.0909. The summed E-state index contributed by atoms with van der Waals surface area (Å²) in [6.45, 7) is 0.439. The molecule has 0 fully saturated rings. The molecule has 3 aromatic carbocycles. The molecular weight excluding hydrogens is 392 g/mol. The molecule has 29 heavy (non-hydrogen) atoms. The topological polar surface area (TPSA) is 80.2 Å². The van der Waals surface area contributed by atoms with E-state index >= 15 is 0 Å². The van der Waals surface area contributed by atoms with Crippen molar-refractivity contribution >= 4 is 29.5 Å². The Morgan fingerprint density at radius 3 is 2.62 bits per heavy atom. The minimum atomic E-state index is -1.10. The third kappa shape index (κ3) is 5.49. The maximum Gasteiger partial charge on any atom is 0.337 e. The van der Waals surface area contributed by atoms with Crippen LogP contribution in [-0.2, 0) is 6.61 Å². The standard InChI is InChI=1S/C22H19ClN2O4/c1-28-21-11-16(7-10-20(21)29-14-15-5-3-2-4-6-15)13-24-25-17-8-9-19(23)18(12-17)22(26)27/h2-13,25H,14H2,1H3,(H,26,27)/b24-13+. The summed E-state index contributed by atoms with van der Waals surface area (Å²) in [7, 11) is 1.57. The molecular formula is C22H19ClN2O4. The van der Waals surface area contributed by atoms with Crippen LogP contribution in [0, 0.1) is 0 Å². The van der Waals surface area contributed by atoms with Crippen LogP contribution < -0.4 is 14.9 Å². The molecule has 6 nitrogen and oxygen atoms in total. The summed E-state index contributed by atoms with van der Waals surface area (Å²) in [5, 5.41) is 13.4.